The summed E-state index contributed by atoms with van der Waals surface area (Å²) in [5, 5.41) is 0. The summed E-state index contributed by atoms with van der Waals surface area (Å²) in [5.74, 6) is 0.778. The quantitative estimate of drug-likeness (QED) is 0.457. The molecule has 0 bridgehead atoms. The van der Waals surface area contributed by atoms with Gasteiger partial charge in [-0.25, -0.2) is 4.98 Å². The zero-order chi connectivity index (χ0) is 18.4. The molecule has 1 heterocycles. The molecule has 3 heteroatoms. The molecule has 0 fully saturated rings. The molecule has 0 atom stereocenters. The molecule has 0 spiro atoms. The van der Waals surface area contributed by atoms with Crippen molar-refractivity contribution in [3.05, 3.63) is 65.5 Å². The van der Waals surface area contributed by atoms with Crippen LogP contribution in [0.15, 0.2) is 52.9 Å². The third-order valence-corrected chi connectivity index (χ3v) is 3.12. The Balaban J connectivity index is 0. The molecule has 0 aliphatic carbocycles. The maximum atomic E-state index is 5.72. The van der Waals surface area contributed by atoms with Gasteiger partial charge in [0.25, 0.3) is 0 Å². The van der Waals surface area contributed by atoms with Crippen LogP contribution in [-0.4, -0.2) is 4.98 Å². The Morgan fingerprint density at radius 1 is 0.760 bits per heavy atom. The molecule has 2 nitrogen and oxygen atoms in total. The van der Waals surface area contributed by atoms with Gasteiger partial charge >= 0.3 is 0 Å². The van der Waals surface area contributed by atoms with Crippen LogP contribution < -0.4 is 0 Å². The van der Waals surface area contributed by atoms with E-state index in [9.17, 15) is 0 Å². The first-order chi connectivity index (χ1) is 11.8. The van der Waals surface area contributed by atoms with Crippen LogP contribution in [0, 0.1) is 0 Å². The molecule has 0 amide bonds. The van der Waals surface area contributed by atoms with Crippen LogP contribution in [0.4, 0.5) is 0 Å². The Bertz CT molecular complexity index is 626. The van der Waals surface area contributed by atoms with Crippen LogP contribution in [0.25, 0.3) is 11.1 Å². The van der Waals surface area contributed by atoms with Crippen molar-refractivity contribution in [2.75, 3.05) is 0 Å². The molecular formula is C22H33NOY. The number of para-hydroxylation sites is 2. The minimum absolute atomic E-state index is 0. The van der Waals surface area contributed by atoms with E-state index in [1.807, 2.05) is 65.8 Å². The predicted octanol–water partition coefficient (Wildman–Crippen LogP) is 7.06. The van der Waals surface area contributed by atoms with Gasteiger partial charge in [0.05, 0.1) is 0 Å². The smallest absolute Gasteiger partial charge is 0.199 e. The Kier molecular flexibility index (Phi) is 17.3. The van der Waals surface area contributed by atoms with Crippen LogP contribution in [0.1, 0.15) is 65.5 Å². The van der Waals surface area contributed by atoms with Gasteiger partial charge < -0.3 is 4.42 Å². The van der Waals surface area contributed by atoms with E-state index in [1.54, 1.807) is 0 Å². The van der Waals surface area contributed by atoms with E-state index < -0.39 is 0 Å². The van der Waals surface area contributed by atoms with E-state index in [0.29, 0.717) is 0 Å². The molecule has 2 aromatic carbocycles. The summed E-state index contributed by atoms with van der Waals surface area (Å²) >= 11 is 0. The van der Waals surface area contributed by atoms with Gasteiger partial charge in [-0.3, -0.25) is 0 Å². The molecule has 0 saturated carbocycles. The number of aryl methyl sites for hydroxylation is 1. The molecule has 3 aromatic rings. The number of hydrogen-bond acceptors (Lipinski definition) is 2. The third kappa shape index (κ3) is 8.78. The topological polar surface area (TPSA) is 26.0 Å². The van der Waals surface area contributed by atoms with E-state index in [2.05, 4.69) is 36.2 Å². The molecule has 0 N–H and O–H groups in total. The summed E-state index contributed by atoms with van der Waals surface area (Å²) in [6.45, 7) is 14.2. The average molecular weight is 416 g/mol. The van der Waals surface area contributed by atoms with Crippen LogP contribution in [0.5, 0.6) is 0 Å². The fourth-order valence-corrected chi connectivity index (χ4v) is 2.06. The molecule has 135 valence electrons. The van der Waals surface area contributed by atoms with E-state index >= 15 is 0 Å². The number of fused-ring (bicyclic) bond motifs is 1. The van der Waals surface area contributed by atoms with Crippen molar-refractivity contribution in [2.24, 2.45) is 0 Å². The van der Waals surface area contributed by atoms with Gasteiger partial charge in [-0.1, -0.05) is 84.9 Å². The Hall–Kier alpha value is -0.986. The van der Waals surface area contributed by atoms with Gasteiger partial charge in [-0.2, -0.15) is 0 Å². The fraction of sp³-hybridized carbons (Fsp3) is 0.409. The molecule has 25 heavy (non-hydrogen) atoms. The molecule has 0 unspecified atom stereocenters. The zero-order valence-electron chi connectivity index (χ0n) is 17.0. The van der Waals surface area contributed by atoms with Gasteiger partial charge in [0.1, 0.15) is 5.52 Å². The van der Waals surface area contributed by atoms with E-state index in [4.69, 9.17) is 4.42 Å². The summed E-state index contributed by atoms with van der Waals surface area (Å²) in [7, 11) is 0. The number of benzene rings is 2. The normalized spacial score (nSPS) is 8.60. The number of nitrogens with zero attached hydrogens (tertiary/aromatic N) is 1. The first kappa shape index (κ1) is 26.2. The summed E-state index contributed by atoms with van der Waals surface area (Å²) < 4.78 is 5.72. The Morgan fingerprint density at radius 3 is 1.80 bits per heavy atom. The minimum atomic E-state index is 0. The van der Waals surface area contributed by atoms with E-state index in [1.165, 1.54) is 11.1 Å². The summed E-state index contributed by atoms with van der Waals surface area (Å²) in [4.78, 5) is 4.48. The number of rotatable bonds is 3. The molecule has 1 aromatic heterocycles. The van der Waals surface area contributed by atoms with Crippen molar-refractivity contribution < 1.29 is 37.1 Å². The second kappa shape index (κ2) is 16.5. The standard InChI is InChI=1S/C16H15NO.3C2H6.Y/c1-2-12-7-9-13(10-8-12)11-16-17-14-5-3-4-6-15(14)18-16;3*1-2;/h3-10H,2,11H2,1H3;3*1-2H3;. The molecule has 0 aliphatic rings. The first-order valence-corrected chi connectivity index (χ1v) is 9.27. The fourth-order valence-electron chi connectivity index (χ4n) is 2.06. The van der Waals surface area contributed by atoms with E-state index in [-0.39, 0.29) is 32.7 Å². The molecule has 1 radical (unpaired) electrons. The average Bonchev–Trinajstić information content (AvgIpc) is 3.09. The summed E-state index contributed by atoms with van der Waals surface area (Å²) in [6, 6.07) is 16.5. The number of aromatic nitrogens is 1. The van der Waals surface area contributed by atoms with Crippen molar-refractivity contribution in [2.45, 2.75) is 61.3 Å². The largest absolute Gasteiger partial charge is 0.440 e. The van der Waals surface area contributed by atoms with Gasteiger partial charge in [-0.15, -0.1) is 0 Å². The van der Waals surface area contributed by atoms with E-state index in [0.717, 1.165) is 29.8 Å². The van der Waals surface area contributed by atoms with Crippen LogP contribution >= 0.6 is 0 Å². The van der Waals surface area contributed by atoms with Crippen molar-refractivity contribution in [1.29, 1.82) is 0 Å². The third-order valence-electron chi connectivity index (χ3n) is 3.12. The van der Waals surface area contributed by atoms with Gasteiger partial charge in [0.2, 0.25) is 0 Å². The second-order valence-corrected chi connectivity index (χ2v) is 4.42. The zero-order valence-corrected chi connectivity index (χ0v) is 19.8. The van der Waals surface area contributed by atoms with Crippen molar-refractivity contribution in [1.82, 2.24) is 4.98 Å². The summed E-state index contributed by atoms with van der Waals surface area (Å²) in [6.07, 6.45) is 1.82. The summed E-state index contributed by atoms with van der Waals surface area (Å²) in [5.41, 5.74) is 4.38. The van der Waals surface area contributed by atoms with Crippen molar-refractivity contribution >= 4 is 11.1 Å². The second-order valence-electron chi connectivity index (χ2n) is 4.42. The maximum absolute atomic E-state index is 5.72. The number of hydrogen-bond donors (Lipinski definition) is 0. The Labute approximate surface area is 179 Å². The predicted molar refractivity (Wildman–Crippen MR) is 107 cm³/mol. The van der Waals surface area contributed by atoms with Crippen LogP contribution in [-0.2, 0) is 45.6 Å². The first-order valence-electron chi connectivity index (χ1n) is 9.27. The van der Waals surface area contributed by atoms with Crippen LogP contribution in [0.3, 0.4) is 0 Å². The minimum Gasteiger partial charge on any atom is -0.440 e. The maximum Gasteiger partial charge on any atom is 0.199 e. The van der Waals surface area contributed by atoms with Gasteiger partial charge in [0.15, 0.2) is 11.5 Å². The van der Waals surface area contributed by atoms with Gasteiger partial charge in [-0.05, 0) is 29.7 Å². The van der Waals surface area contributed by atoms with Gasteiger partial charge in [0, 0.05) is 39.1 Å². The Morgan fingerprint density at radius 2 is 1.28 bits per heavy atom. The molecule has 0 aliphatic heterocycles. The number of oxazole rings is 1. The van der Waals surface area contributed by atoms with Crippen molar-refractivity contribution in [3.8, 4) is 0 Å². The van der Waals surface area contributed by atoms with Crippen LogP contribution in [0.2, 0.25) is 0 Å². The molecule has 3 rings (SSSR count). The van der Waals surface area contributed by atoms with Crippen molar-refractivity contribution in [3.63, 3.8) is 0 Å². The molecule has 0 saturated heterocycles. The monoisotopic (exact) mass is 416 g/mol. The SMILES string of the molecule is CC.CC.CC.CCc1ccc(Cc2nc3ccccc3o2)cc1.[Y]. The molecular weight excluding hydrogens is 383 g/mol.